The SMILES string of the molecule is COc1ccc(CCN2C=CC=CC2)cc1. The quantitative estimate of drug-likeness (QED) is 0.765. The minimum absolute atomic E-state index is 0.921. The summed E-state index contributed by atoms with van der Waals surface area (Å²) >= 11 is 0. The fourth-order valence-electron chi connectivity index (χ4n) is 1.74. The fourth-order valence-corrected chi connectivity index (χ4v) is 1.74. The van der Waals surface area contributed by atoms with Gasteiger partial charge in [0, 0.05) is 13.1 Å². The summed E-state index contributed by atoms with van der Waals surface area (Å²) in [6, 6.07) is 8.28. The smallest absolute Gasteiger partial charge is 0.118 e. The highest BCUT2D eigenvalue weighted by Crippen LogP contribution is 2.12. The Morgan fingerprint density at radius 1 is 1.19 bits per heavy atom. The number of nitrogens with zero attached hydrogens (tertiary/aromatic N) is 1. The monoisotopic (exact) mass is 215 g/mol. The topological polar surface area (TPSA) is 12.5 Å². The zero-order valence-electron chi connectivity index (χ0n) is 9.60. The molecule has 0 aromatic heterocycles. The van der Waals surface area contributed by atoms with Crippen LogP contribution in [-0.4, -0.2) is 25.1 Å². The van der Waals surface area contributed by atoms with Gasteiger partial charge in [-0.1, -0.05) is 24.3 Å². The molecule has 0 unspecified atom stereocenters. The van der Waals surface area contributed by atoms with E-state index in [1.54, 1.807) is 7.11 Å². The lowest BCUT2D eigenvalue weighted by Gasteiger charge is -2.20. The van der Waals surface area contributed by atoms with E-state index in [-0.39, 0.29) is 0 Å². The Hall–Kier alpha value is -1.70. The molecular formula is C14H17NO. The normalized spacial score (nSPS) is 14.2. The third kappa shape index (κ3) is 2.89. The molecule has 1 aromatic rings. The second kappa shape index (κ2) is 5.40. The Morgan fingerprint density at radius 2 is 2.00 bits per heavy atom. The highest BCUT2D eigenvalue weighted by atomic mass is 16.5. The van der Waals surface area contributed by atoms with Crippen LogP contribution in [0.5, 0.6) is 5.75 Å². The van der Waals surface area contributed by atoms with Crippen LogP contribution in [-0.2, 0) is 6.42 Å². The third-order valence-corrected chi connectivity index (χ3v) is 2.73. The van der Waals surface area contributed by atoms with Crippen molar-refractivity contribution in [2.24, 2.45) is 0 Å². The van der Waals surface area contributed by atoms with Gasteiger partial charge in [-0.15, -0.1) is 0 Å². The van der Waals surface area contributed by atoms with E-state index in [4.69, 9.17) is 4.74 Å². The van der Waals surface area contributed by atoms with Crippen molar-refractivity contribution in [1.29, 1.82) is 0 Å². The molecular weight excluding hydrogens is 198 g/mol. The van der Waals surface area contributed by atoms with Crippen LogP contribution in [0.3, 0.4) is 0 Å². The standard InChI is InChI=1S/C14H17NO/c1-16-14-7-5-13(6-8-14)9-12-15-10-3-2-4-11-15/h2-8,10H,9,11-12H2,1H3. The van der Waals surface area contributed by atoms with Crippen LogP contribution >= 0.6 is 0 Å². The summed E-state index contributed by atoms with van der Waals surface area (Å²) in [7, 11) is 1.69. The van der Waals surface area contributed by atoms with Gasteiger partial charge in [-0.05, 0) is 36.4 Å². The van der Waals surface area contributed by atoms with Gasteiger partial charge in [0.05, 0.1) is 7.11 Å². The molecule has 2 heteroatoms. The molecule has 1 aliphatic rings. The Kier molecular flexibility index (Phi) is 3.65. The van der Waals surface area contributed by atoms with E-state index in [0.29, 0.717) is 0 Å². The molecule has 16 heavy (non-hydrogen) atoms. The van der Waals surface area contributed by atoms with Crippen LogP contribution in [0.15, 0.2) is 48.7 Å². The van der Waals surface area contributed by atoms with Gasteiger partial charge in [-0.3, -0.25) is 0 Å². The minimum atomic E-state index is 0.921. The van der Waals surface area contributed by atoms with Crippen molar-refractivity contribution in [3.8, 4) is 5.75 Å². The number of methoxy groups -OCH3 is 1. The average Bonchev–Trinajstić information content (AvgIpc) is 2.38. The first-order chi connectivity index (χ1) is 7.88. The molecule has 0 atom stereocenters. The maximum Gasteiger partial charge on any atom is 0.118 e. The molecule has 0 saturated carbocycles. The number of allylic oxidation sites excluding steroid dienone is 2. The van der Waals surface area contributed by atoms with Crippen molar-refractivity contribution in [3.05, 3.63) is 54.3 Å². The second-order valence-corrected chi connectivity index (χ2v) is 3.86. The van der Waals surface area contributed by atoms with Gasteiger partial charge in [0.25, 0.3) is 0 Å². The highest BCUT2D eigenvalue weighted by molar-refractivity contribution is 5.27. The summed E-state index contributed by atoms with van der Waals surface area (Å²) in [4.78, 5) is 2.31. The van der Waals surface area contributed by atoms with E-state index in [9.17, 15) is 0 Å². The maximum absolute atomic E-state index is 5.13. The summed E-state index contributed by atoms with van der Waals surface area (Å²) in [5.74, 6) is 0.921. The van der Waals surface area contributed by atoms with Gasteiger partial charge in [-0.2, -0.15) is 0 Å². The van der Waals surface area contributed by atoms with E-state index in [2.05, 4.69) is 41.5 Å². The third-order valence-electron chi connectivity index (χ3n) is 2.73. The Labute approximate surface area is 96.8 Å². The maximum atomic E-state index is 5.13. The first kappa shape index (κ1) is 10.8. The van der Waals surface area contributed by atoms with Crippen molar-refractivity contribution >= 4 is 0 Å². The summed E-state index contributed by atoms with van der Waals surface area (Å²) < 4.78 is 5.13. The van der Waals surface area contributed by atoms with Crippen LogP contribution in [0.4, 0.5) is 0 Å². The number of ether oxygens (including phenoxy) is 1. The molecule has 1 heterocycles. The molecule has 0 fully saturated rings. The number of rotatable bonds is 4. The number of hydrogen-bond donors (Lipinski definition) is 0. The lowest BCUT2D eigenvalue weighted by molar-refractivity contribution is 0.411. The molecule has 0 N–H and O–H groups in total. The van der Waals surface area contributed by atoms with E-state index >= 15 is 0 Å². The average molecular weight is 215 g/mol. The number of benzene rings is 1. The molecule has 0 aliphatic carbocycles. The Bertz CT molecular complexity index is 378. The van der Waals surface area contributed by atoms with Gasteiger partial charge in [0.2, 0.25) is 0 Å². The van der Waals surface area contributed by atoms with Crippen LogP contribution in [0.2, 0.25) is 0 Å². The Balaban J connectivity index is 1.84. The number of hydrogen-bond acceptors (Lipinski definition) is 2. The lowest BCUT2D eigenvalue weighted by atomic mass is 10.1. The zero-order valence-corrected chi connectivity index (χ0v) is 9.60. The van der Waals surface area contributed by atoms with Crippen LogP contribution in [0.25, 0.3) is 0 Å². The summed E-state index contributed by atoms with van der Waals surface area (Å²) in [6.07, 6.45) is 9.56. The molecule has 2 rings (SSSR count). The second-order valence-electron chi connectivity index (χ2n) is 3.86. The first-order valence-electron chi connectivity index (χ1n) is 5.59. The predicted molar refractivity (Wildman–Crippen MR) is 66.6 cm³/mol. The molecule has 0 saturated heterocycles. The molecule has 0 bridgehead atoms. The predicted octanol–water partition coefficient (Wildman–Crippen LogP) is 2.62. The molecule has 0 amide bonds. The summed E-state index contributed by atoms with van der Waals surface area (Å²) in [5.41, 5.74) is 1.35. The van der Waals surface area contributed by atoms with Gasteiger partial charge in [0.1, 0.15) is 5.75 Å². The van der Waals surface area contributed by atoms with Gasteiger partial charge in [-0.25, -0.2) is 0 Å². The highest BCUT2D eigenvalue weighted by Gasteiger charge is 2.00. The Morgan fingerprint density at radius 3 is 2.62 bits per heavy atom. The summed E-state index contributed by atoms with van der Waals surface area (Å²) in [5, 5.41) is 0. The van der Waals surface area contributed by atoms with Crippen molar-refractivity contribution in [3.63, 3.8) is 0 Å². The molecule has 0 spiro atoms. The largest absolute Gasteiger partial charge is 0.497 e. The van der Waals surface area contributed by atoms with E-state index < -0.39 is 0 Å². The molecule has 1 aliphatic heterocycles. The lowest BCUT2D eigenvalue weighted by Crippen LogP contribution is -2.21. The zero-order chi connectivity index (χ0) is 11.2. The van der Waals surface area contributed by atoms with Crippen LogP contribution < -0.4 is 4.74 Å². The van der Waals surface area contributed by atoms with E-state index in [1.807, 2.05) is 12.1 Å². The van der Waals surface area contributed by atoms with Crippen molar-refractivity contribution < 1.29 is 4.74 Å². The molecule has 2 nitrogen and oxygen atoms in total. The molecule has 1 aromatic carbocycles. The van der Waals surface area contributed by atoms with Crippen molar-refractivity contribution in [2.45, 2.75) is 6.42 Å². The van der Waals surface area contributed by atoms with Crippen LogP contribution in [0.1, 0.15) is 5.56 Å². The first-order valence-corrected chi connectivity index (χ1v) is 5.59. The van der Waals surface area contributed by atoms with Gasteiger partial charge >= 0.3 is 0 Å². The minimum Gasteiger partial charge on any atom is -0.497 e. The van der Waals surface area contributed by atoms with E-state index in [0.717, 1.165) is 25.3 Å². The van der Waals surface area contributed by atoms with Gasteiger partial charge < -0.3 is 9.64 Å². The van der Waals surface area contributed by atoms with Crippen LogP contribution in [0, 0.1) is 0 Å². The van der Waals surface area contributed by atoms with Crippen molar-refractivity contribution in [1.82, 2.24) is 4.90 Å². The molecule has 84 valence electrons. The van der Waals surface area contributed by atoms with Gasteiger partial charge in [0.15, 0.2) is 0 Å². The molecule has 0 radical (unpaired) electrons. The fraction of sp³-hybridized carbons (Fsp3) is 0.286. The van der Waals surface area contributed by atoms with E-state index in [1.165, 1.54) is 5.56 Å². The summed E-state index contributed by atoms with van der Waals surface area (Å²) in [6.45, 7) is 2.08. The van der Waals surface area contributed by atoms with Crippen molar-refractivity contribution in [2.75, 3.05) is 20.2 Å².